The molecular weight excluding hydrogens is 396 g/mol. The second-order valence-corrected chi connectivity index (χ2v) is 6.11. The number of carbonyl (C=O) groups is 1. The molecule has 2 rings (SSSR count). The highest BCUT2D eigenvalue weighted by atomic mass is 19.2. The van der Waals surface area contributed by atoms with Gasteiger partial charge in [-0.25, -0.2) is 17.9 Å². The largest absolute Gasteiger partial charge is 0.633 e. The van der Waals surface area contributed by atoms with E-state index in [1.807, 2.05) is 0 Å². The van der Waals surface area contributed by atoms with Crippen LogP contribution in [-0.2, 0) is 22.5 Å². The lowest BCUT2D eigenvalue weighted by atomic mass is 10.1. The van der Waals surface area contributed by atoms with Gasteiger partial charge in [0.1, 0.15) is 6.54 Å². The summed E-state index contributed by atoms with van der Waals surface area (Å²) >= 11 is 0. The second kappa shape index (κ2) is 10.9. The lowest BCUT2D eigenvalue weighted by Crippen LogP contribution is -2.30. The first-order valence-corrected chi connectivity index (χ1v) is 8.68. The van der Waals surface area contributed by atoms with Crippen molar-refractivity contribution in [2.75, 3.05) is 6.61 Å². The molecule has 0 radical (unpaired) electrons. The Morgan fingerprint density at radius 3 is 2.76 bits per heavy atom. The molecule has 1 aromatic heterocycles. The topological polar surface area (TPSA) is 148 Å². The van der Waals surface area contributed by atoms with Gasteiger partial charge >= 0.3 is 7.32 Å². The summed E-state index contributed by atoms with van der Waals surface area (Å²) in [6, 6.07) is 1.22. The first-order valence-electron chi connectivity index (χ1n) is 8.68. The van der Waals surface area contributed by atoms with Crippen LogP contribution >= 0.6 is 0 Å². The number of carbonyl (C=O) groups excluding carboxylic acids is 1. The molecule has 10 nitrogen and oxygen atoms in total. The highest BCUT2D eigenvalue weighted by Crippen LogP contribution is 2.15. The van der Waals surface area contributed by atoms with Crippen LogP contribution in [-0.4, -0.2) is 50.1 Å². The molecule has 2 aromatic rings. The molecule has 1 unspecified atom stereocenters. The number of amides is 1. The zero-order valence-electron chi connectivity index (χ0n) is 15.3. The zero-order chi connectivity index (χ0) is 21.4. The number of aromatic nitrogens is 4. The van der Waals surface area contributed by atoms with Crippen molar-refractivity contribution < 1.29 is 32.7 Å². The van der Waals surface area contributed by atoms with Gasteiger partial charge in [-0.1, -0.05) is 6.07 Å². The number of tetrazole rings is 1. The van der Waals surface area contributed by atoms with Crippen molar-refractivity contribution in [3.8, 4) is 0 Å². The van der Waals surface area contributed by atoms with Crippen LogP contribution in [0.25, 0.3) is 0 Å². The second-order valence-electron chi connectivity index (χ2n) is 6.11. The molecule has 0 aliphatic rings. The quantitative estimate of drug-likeness (QED) is 0.219. The monoisotopic (exact) mass is 416 g/mol. The third-order valence-corrected chi connectivity index (χ3v) is 3.95. The van der Waals surface area contributed by atoms with Crippen LogP contribution in [0.4, 0.5) is 13.2 Å². The fraction of sp³-hybridized carbons (Fsp3) is 0.467. The first-order chi connectivity index (χ1) is 13.8. The molecule has 0 fully saturated rings. The number of rotatable bonds is 11. The smallest absolute Gasteiger partial charge is 0.402 e. The Bertz CT molecular complexity index is 825. The van der Waals surface area contributed by atoms with Gasteiger partial charge in [0.25, 0.3) is 0 Å². The average molecular weight is 416 g/mol. The van der Waals surface area contributed by atoms with Crippen LogP contribution in [0.15, 0.2) is 12.1 Å². The van der Waals surface area contributed by atoms with Crippen molar-refractivity contribution in [3.05, 3.63) is 41.0 Å². The Kier molecular flexibility index (Phi) is 8.51. The molecule has 1 aromatic carbocycles. The molecule has 158 valence electrons. The van der Waals surface area contributed by atoms with Crippen molar-refractivity contribution in [2.45, 2.75) is 38.4 Å². The molecule has 0 aliphatic heterocycles. The van der Waals surface area contributed by atoms with Crippen LogP contribution in [0.5, 0.6) is 0 Å². The Morgan fingerprint density at radius 1 is 1.28 bits per heavy atom. The number of unbranched alkanes of at least 4 members (excludes halogenated alkanes) is 1. The fourth-order valence-corrected chi connectivity index (χ4v) is 2.46. The van der Waals surface area contributed by atoms with E-state index in [9.17, 15) is 18.0 Å². The minimum atomic E-state index is -1.82. The summed E-state index contributed by atoms with van der Waals surface area (Å²) in [5.41, 5.74) is 5.80. The number of nitrogens with one attached hydrogen (secondary N) is 1. The number of hydrogen-bond acceptors (Lipinski definition) is 8. The molecule has 1 amide bonds. The molecule has 0 bridgehead atoms. The lowest BCUT2D eigenvalue weighted by Gasteiger charge is -2.12. The van der Waals surface area contributed by atoms with Gasteiger partial charge in [0.05, 0.1) is 6.04 Å². The maximum atomic E-state index is 13.6. The molecule has 0 saturated heterocycles. The molecular formula is C15H20BF3N6O4. The van der Waals surface area contributed by atoms with E-state index in [1.165, 1.54) is 4.68 Å². The van der Waals surface area contributed by atoms with Crippen molar-refractivity contribution in [3.63, 3.8) is 0 Å². The van der Waals surface area contributed by atoms with E-state index in [0.717, 1.165) is 12.1 Å². The summed E-state index contributed by atoms with van der Waals surface area (Å²) < 4.78 is 45.5. The Labute approximate surface area is 164 Å². The molecule has 29 heavy (non-hydrogen) atoms. The lowest BCUT2D eigenvalue weighted by molar-refractivity contribution is -0.122. The van der Waals surface area contributed by atoms with Crippen LogP contribution in [0.3, 0.4) is 0 Å². The zero-order valence-corrected chi connectivity index (χ0v) is 15.3. The Morgan fingerprint density at radius 2 is 2.03 bits per heavy atom. The summed E-state index contributed by atoms with van der Waals surface area (Å²) in [6.45, 7) is -0.512. The molecule has 0 spiro atoms. The van der Waals surface area contributed by atoms with Crippen LogP contribution < -0.4 is 11.1 Å². The highest BCUT2D eigenvalue weighted by molar-refractivity contribution is 6.32. The maximum absolute atomic E-state index is 13.6. The van der Waals surface area contributed by atoms with Gasteiger partial charge in [-0.2, -0.15) is 0 Å². The summed E-state index contributed by atoms with van der Waals surface area (Å²) in [7, 11) is -1.82. The number of halogens is 3. The van der Waals surface area contributed by atoms with E-state index in [2.05, 4.69) is 25.5 Å². The van der Waals surface area contributed by atoms with Crippen molar-refractivity contribution in [1.29, 1.82) is 0 Å². The average Bonchev–Trinajstić information content (AvgIpc) is 3.13. The Balaban J connectivity index is 1.84. The van der Waals surface area contributed by atoms with Crippen molar-refractivity contribution in [1.82, 2.24) is 25.5 Å². The van der Waals surface area contributed by atoms with Gasteiger partial charge in [0, 0.05) is 18.7 Å². The predicted octanol–water partition coefficient (Wildman–Crippen LogP) is -0.437. The van der Waals surface area contributed by atoms with Gasteiger partial charge in [0.15, 0.2) is 23.3 Å². The summed E-state index contributed by atoms with van der Waals surface area (Å²) in [6.07, 6.45) is 1.56. The van der Waals surface area contributed by atoms with Crippen LogP contribution in [0.2, 0.25) is 0 Å². The number of hydrogen-bond donors (Lipinski definition) is 4. The summed E-state index contributed by atoms with van der Waals surface area (Å²) in [5, 5.41) is 30.5. The third-order valence-electron chi connectivity index (χ3n) is 3.95. The maximum Gasteiger partial charge on any atom is 0.633 e. The van der Waals surface area contributed by atoms with Gasteiger partial charge in [-0.05, 0) is 35.8 Å². The summed E-state index contributed by atoms with van der Waals surface area (Å²) in [5.74, 6) is -4.62. The number of nitrogens with zero attached hydrogens (tertiary/aromatic N) is 4. The van der Waals surface area contributed by atoms with Gasteiger partial charge < -0.3 is 25.8 Å². The third kappa shape index (κ3) is 6.78. The molecule has 0 saturated carbocycles. The predicted molar refractivity (Wildman–Crippen MR) is 92.9 cm³/mol. The minimum absolute atomic E-state index is 0.137. The van der Waals surface area contributed by atoms with Crippen molar-refractivity contribution >= 4 is 13.2 Å². The van der Waals surface area contributed by atoms with E-state index in [1.54, 1.807) is 0 Å². The van der Waals surface area contributed by atoms with E-state index in [0.29, 0.717) is 19.3 Å². The van der Waals surface area contributed by atoms with E-state index >= 15 is 0 Å². The highest BCUT2D eigenvalue weighted by Gasteiger charge is 2.18. The minimum Gasteiger partial charge on any atom is -0.402 e. The molecule has 5 N–H and O–H groups in total. The summed E-state index contributed by atoms with van der Waals surface area (Å²) in [4.78, 5) is 12.1. The molecule has 0 aliphatic carbocycles. The van der Waals surface area contributed by atoms with Gasteiger partial charge in [-0.3, -0.25) is 4.79 Å². The number of benzene rings is 1. The molecule has 1 atom stereocenters. The standard InChI is InChI=1S/C15H20BF3N6O4/c17-10-5-4-9(13(18)14(10)19)7-21-12(26)8-25-15(22-23-24-25)11(20)3-1-2-6-29-16(27)28/h4-5,11,27-28H,1-3,6-8,20H2,(H,21,26). The van der Waals surface area contributed by atoms with E-state index in [4.69, 9.17) is 15.8 Å². The van der Waals surface area contributed by atoms with Crippen molar-refractivity contribution in [2.24, 2.45) is 5.73 Å². The van der Waals surface area contributed by atoms with Crippen LogP contribution in [0.1, 0.15) is 36.7 Å². The van der Waals surface area contributed by atoms with Gasteiger partial charge in [-0.15, -0.1) is 5.10 Å². The normalized spacial score (nSPS) is 12.1. The molecule has 1 heterocycles. The van der Waals surface area contributed by atoms with E-state index < -0.39 is 36.7 Å². The van der Waals surface area contributed by atoms with Crippen LogP contribution in [0, 0.1) is 17.5 Å². The number of nitrogens with two attached hydrogens (primary N) is 1. The SMILES string of the molecule is NC(CCCCOB(O)O)c1nnnn1CC(=O)NCc1ccc(F)c(F)c1F. The van der Waals surface area contributed by atoms with E-state index in [-0.39, 0.29) is 31.1 Å². The molecule has 14 heteroatoms. The van der Waals surface area contributed by atoms with Gasteiger partial charge in [0.2, 0.25) is 5.91 Å². The Hall–Kier alpha value is -2.55. The fourth-order valence-electron chi connectivity index (χ4n) is 2.46. The first kappa shape index (κ1) is 22.7.